The van der Waals surface area contributed by atoms with E-state index in [0.717, 1.165) is 11.6 Å². The molecule has 2 aliphatic carbocycles. The van der Waals surface area contributed by atoms with E-state index in [1.165, 1.54) is 34.2 Å². The maximum Gasteiger partial charge on any atom is 0.0705 e. The van der Waals surface area contributed by atoms with Crippen LogP contribution in [0.25, 0.3) is 11.3 Å². The van der Waals surface area contributed by atoms with Gasteiger partial charge in [-0.1, -0.05) is 102 Å². The van der Waals surface area contributed by atoms with Gasteiger partial charge >= 0.3 is 0 Å². The Morgan fingerprint density at radius 3 is 1.72 bits per heavy atom. The van der Waals surface area contributed by atoms with E-state index in [2.05, 4.69) is 120 Å². The average molecular weight is 434 g/mol. The van der Waals surface area contributed by atoms with Gasteiger partial charge in [-0.15, -0.1) is 0 Å². The zero-order valence-corrected chi connectivity index (χ0v) is 23.1. The van der Waals surface area contributed by atoms with Gasteiger partial charge in [0.1, 0.15) is 0 Å². The third-order valence-electron chi connectivity index (χ3n) is 9.03. The van der Waals surface area contributed by atoms with Crippen LogP contribution in [0.3, 0.4) is 0 Å². The van der Waals surface area contributed by atoms with E-state index < -0.39 is 0 Å². The maximum atomic E-state index is 4.93. The molecule has 2 aromatic rings. The first-order valence-corrected chi connectivity index (χ1v) is 12.5. The standard InChI is InChI=1S/C27H37N.C4H10/c1-23(2)16-24(3,4)21-15-28-22(14-19(21)23)17-11-12-18-20(13-17)26(7,8)27(9,10)25(18,5)6;1-4(2)3/h11-15H,16H2,1-10H3;4H,1-3H3. The van der Waals surface area contributed by atoms with Gasteiger partial charge in [0, 0.05) is 11.8 Å². The number of hydrogen-bond donors (Lipinski definition) is 0. The Balaban J connectivity index is 0.000000668. The predicted molar refractivity (Wildman–Crippen MR) is 141 cm³/mol. The van der Waals surface area contributed by atoms with Crippen molar-refractivity contribution >= 4 is 0 Å². The number of fused-ring (bicyclic) bond motifs is 2. The quantitative estimate of drug-likeness (QED) is 0.437. The van der Waals surface area contributed by atoms with Crippen molar-refractivity contribution in [2.75, 3.05) is 0 Å². The molecule has 0 spiro atoms. The Hall–Kier alpha value is -1.63. The number of hydrogen-bond acceptors (Lipinski definition) is 1. The van der Waals surface area contributed by atoms with Crippen LogP contribution in [0.1, 0.15) is 119 Å². The minimum atomic E-state index is 0.125. The second kappa shape index (κ2) is 7.44. The van der Waals surface area contributed by atoms with Gasteiger partial charge in [0.25, 0.3) is 0 Å². The van der Waals surface area contributed by atoms with E-state index in [9.17, 15) is 0 Å². The molecular formula is C31H47N. The van der Waals surface area contributed by atoms with E-state index in [1.807, 2.05) is 0 Å². The molecular weight excluding hydrogens is 386 g/mol. The molecule has 1 aromatic carbocycles. The molecule has 1 heterocycles. The Bertz CT molecular complexity index is 1010. The molecule has 0 fully saturated rings. The molecule has 0 atom stereocenters. The van der Waals surface area contributed by atoms with Crippen molar-refractivity contribution in [1.82, 2.24) is 4.98 Å². The van der Waals surface area contributed by atoms with Crippen LogP contribution in [0, 0.1) is 11.3 Å². The van der Waals surface area contributed by atoms with Crippen molar-refractivity contribution in [3.63, 3.8) is 0 Å². The monoisotopic (exact) mass is 433 g/mol. The fraction of sp³-hybridized carbons (Fsp3) is 0.645. The summed E-state index contributed by atoms with van der Waals surface area (Å²) in [4.78, 5) is 4.93. The lowest BCUT2D eigenvalue weighted by Gasteiger charge is -2.44. The van der Waals surface area contributed by atoms with E-state index in [4.69, 9.17) is 4.98 Å². The van der Waals surface area contributed by atoms with Gasteiger partial charge in [-0.2, -0.15) is 0 Å². The van der Waals surface area contributed by atoms with Crippen molar-refractivity contribution in [2.45, 2.75) is 118 Å². The average Bonchev–Trinajstić information content (AvgIpc) is 2.89. The number of nitrogens with zero attached hydrogens (tertiary/aromatic N) is 1. The summed E-state index contributed by atoms with van der Waals surface area (Å²) < 4.78 is 0. The largest absolute Gasteiger partial charge is 0.256 e. The summed E-state index contributed by atoms with van der Waals surface area (Å²) in [6.07, 6.45) is 3.33. The highest BCUT2D eigenvalue weighted by molar-refractivity contribution is 5.66. The van der Waals surface area contributed by atoms with E-state index in [0.29, 0.717) is 0 Å². The molecule has 176 valence electrons. The Morgan fingerprint density at radius 2 is 1.16 bits per heavy atom. The third-order valence-corrected chi connectivity index (χ3v) is 9.03. The van der Waals surface area contributed by atoms with Gasteiger partial charge in [0.05, 0.1) is 5.69 Å². The molecule has 0 N–H and O–H groups in total. The number of rotatable bonds is 1. The van der Waals surface area contributed by atoms with Crippen molar-refractivity contribution in [3.05, 3.63) is 52.7 Å². The fourth-order valence-corrected chi connectivity index (χ4v) is 6.23. The summed E-state index contributed by atoms with van der Waals surface area (Å²) in [6.45, 7) is 30.4. The van der Waals surface area contributed by atoms with Gasteiger partial charge in [-0.05, 0) is 73.8 Å². The molecule has 0 saturated carbocycles. The lowest BCUT2D eigenvalue weighted by atomic mass is 9.59. The first-order chi connectivity index (χ1) is 14.4. The normalized spacial score (nSPS) is 22.7. The highest BCUT2D eigenvalue weighted by Crippen LogP contribution is 2.61. The van der Waals surface area contributed by atoms with Gasteiger partial charge in [-0.25, -0.2) is 0 Å². The van der Waals surface area contributed by atoms with Crippen LogP contribution in [-0.4, -0.2) is 4.98 Å². The molecule has 0 bridgehead atoms. The van der Waals surface area contributed by atoms with Gasteiger partial charge in [0.2, 0.25) is 0 Å². The zero-order valence-electron chi connectivity index (χ0n) is 23.1. The third kappa shape index (κ3) is 3.64. The minimum absolute atomic E-state index is 0.125. The molecule has 0 amide bonds. The molecule has 1 nitrogen and oxygen atoms in total. The van der Waals surface area contributed by atoms with Crippen LogP contribution < -0.4 is 0 Å². The van der Waals surface area contributed by atoms with Gasteiger partial charge in [0.15, 0.2) is 0 Å². The van der Waals surface area contributed by atoms with Crippen molar-refractivity contribution in [1.29, 1.82) is 0 Å². The van der Waals surface area contributed by atoms with Crippen LogP contribution in [-0.2, 0) is 21.7 Å². The second-order valence-electron chi connectivity index (χ2n) is 13.9. The summed E-state index contributed by atoms with van der Waals surface area (Å²) >= 11 is 0. The second-order valence-corrected chi connectivity index (χ2v) is 13.9. The summed E-state index contributed by atoms with van der Waals surface area (Å²) in [5.41, 5.74) is 9.13. The van der Waals surface area contributed by atoms with E-state index >= 15 is 0 Å². The first-order valence-electron chi connectivity index (χ1n) is 12.5. The number of benzene rings is 1. The Labute approximate surface area is 198 Å². The maximum absolute atomic E-state index is 4.93. The summed E-state index contributed by atoms with van der Waals surface area (Å²) in [7, 11) is 0. The Kier molecular flexibility index (Phi) is 5.81. The summed E-state index contributed by atoms with van der Waals surface area (Å²) in [6, 6.07) is 9.45. The molecule has 0 aliphatic heterocycles. The Morgan fingerprint density at radius 1 is 0.656 bits per heavy atom. The topological polar surface area (TPSA) is 12.9 Å². The van der Waals surface area contributed by atoms with Gasteiger partial charge < -0.3 is 0 Å². The predicted octanol–water partition coefficient (Wildman–Crippen LogP) is 8.96. The highest BCUT2D eigenvalue weighted by atomic mass is 14.7. The smallest absolute Gasteiger partial charge is 0.0705 e. The van der Waals surface area contributed by atoms with E-state index in [-0.39, 0.29) is 27.1 Å². The highest BCUT2D eigenvalue weighted by Gasteiger charge is 2.56. The van der Waals surface area contributed by atoms with Crippen LogP contribution in [0.2, 0.25) is 0 Å². The first kappa shape index (κ1) is 25.0. The number of pyridine rings is 1. The molecule has 0 radical (unpaired) electrons. The molecule has 0 unspecified atom stereocenters. The van der Waals surface area contributed by atoms with Crippen LogP contribution in [0.4, 0.5) is 0 Å². The molecule has 4 rings (SSSR count). The number of aromatic nitrogens is 1. The van der Waals surface area contributed by atoms with Crippen LogP contribution in [0.15, 0.2) is 30.5 Å². The fourth-order valence-electron chi connectivity index (χ4n) is 6.23. The minimum Gasteiger partial charge on any atom is -0.256 e. The molecule has 1 aromatic heterocycles. The lowest BCUT2D eigenvalue weighted by Crippen LogP contribution is -2.42. The van der Waals surface area contributed by atoms with Gasteiger partial charge in [-0.3, -0.25) is 4.98 Å². The van der Waals surface area contributed by atoms with Crippen molar-refractivity contribution in [2.24, 2.45) is 11.3 Å². The summed E-state index contributed by atoms with van der Waals surface area (Å²) in [5.74, 6) is 0.833. The molecule has 1 heteroatoms. The SMILES string of the molecule is CC(C)C.CC1(C)CC(C)(C)c2cc(-c3ccc4c(c3)C(C)(C)C(C)(C)C4(C)C)ncc21. The van der Waals surface area contributed by atoms with Crippen molar-refractivity contribution in [3.8, 4) is 11.3 Å². The van der Waals surface area contributed by atoms with Crippen LogP contribution >= 0.6 is 0 Å². The van der Waals surface area contributed by atoms with E-state index in [1.54, 1.807) is 0 Å². The molecule has 32 heavy (non-hydrogen) atoms. The van der Waals surface area contributed by atoms with Crippen LogP contribution in [0.5, 0.6) is 0 Å². The van der Waals surface area contributed by atoms with Crippen molar-refractivity contribution < 1.29 is 0 Å². The lowest BCUT2D eigenvalue weighted by molar-refractivity contribution is 0.125. The molecule has 2 aliphatic rings. The zero-order chi connectivity index (χ0) is 24.5. The molecule has 0 saturated heterocycles. The summed E-state index contributed by atoms with van der Waals surface area (Å²) in [5, 5.41) is 0.